The van der Waals surface area contributed by atoms with E-state index in [1.54, 1.807) is 19.1 Å². The fourth-order valence-electron chi connectivity index (χ4n) is 3.65. The van der Waals surface area contributed by atoms with Gasteiger partial charge in [0.2, 0.25) is 0 Å². The van der Waals surface area contributed by atoms with E-state index < -0.39 is 11.9 Å². The third kappa shape index (κ3) is 6.61. The van der Waals surface area contributed by atoms with Gasteiger partial charge in [0, 0.05) is 10.9 Å². The van der Waals surface area contributed by atoms with Crippen LogP contribution in [0.1, 0.15) is 53.7 Å². The van der Waals surface area contributed by atoms with Gasteiger partial charge in [-0.25, -0.2) is 4.79 Å². The summed E-state index contributed by atoms with van der Waals surface area (Å²) in [5.41, 5.74) is 4.60. The van der Waals surface area contributed by atoms with Crippen LogP contribution in [0.15, 0.2) is 53.4 Å². The lowest BCUT2D eigenvalue weighted by atomic mass is 9.97. The van der Waals surface area contributed by atoms with Crippen molar-refractivity contribution in [2.75, 3.05) is 18.5 Å². The van der Waals surface area contributed by atoms with Crippen LogP contribution in [0.25, 0.3) is 17.2 Å². The molecule has 1 heterocycles. The van der Waals surface area contributed by atoms with E-state index in [-0.39, 0.29) is 17.7 Å². The molecule has 1 amide bonds. The van der Waals surface area contributed by atoms with Crippen molar-refractivity contribution in [2.24, 2.45) is 0 Å². The van der Waals surface area contributed by atoms with Gasteiger partial charge in [-0.05, 0) is 62.1 Å². The predicted molar refractivity (Wildman–Crippen MR) is 144 cm³/mol. The van der Waals surface area contributed by atoms with Crippen molar-refractivity contribution >= 4 is 34.3 Å². The van der Waals surface area contributed by atoms with E-state index in [4.69, 9.17) is 9.47 Å². The van der Waals surface area contributed by atoms with Crippen LogP contribution in [-0.4, -0.2) is 25.1 Å². The number of nitrogens with one attached hydrogen (secondary N) is 1. The van der Waals surface area contributed by atoms with E-state index in [2.05, 4.69) is 12.2 Å². The Kier molecular flexibility index (Phi) is 9.43. The van der Waals surface area contributed by atoms with Crippen LogP contribution in [0.5, 0.6) is 5.75 Å². The summed E-state index contributed by atoms with van der Waals surface area (Å²) in [4.78, 5) is 25.9. The third-order valence-electron chi connectivity index (χ3n) is 5.49. The van der Waals surface area contributed by atoms with E-state index in [1.807, 2.05) is 55.6 Å². The van der Waals surface area contributed by atoms with Crippen LogP contribution in [-0.2, 0) is 9.53 Å². The highest BCUT2D eigenvalue weighted by Gasteiger charge is 2.24. The zero-order valence-electron chi connectivity index (χ0n) is 21.0. The Morgan fingerprint density at radius 2 is 1.83 bits per heavy atom. The summed E-state index contributed by atoms with van der Waals surface area (Å²) in [6.07, 6.45) is 3.53. The second-order valence-electron chi connectivity index (χ2n) is 8.29. The Labute approximate surface area is 216 Å². The van der Waals surface area contributed by atoms with Crippen LogP contribution in [0.4, 0.5) is 5.00 Å². The minimum Gasteiger partial charge on any atom is -0.494 e. The summed E-state index contributed by atoms with van der Waals surface area (Å²) in [5.74, 6) is -0.384. The molecular formula is C29H30N2O4S. The molecule has 0 aliphatic rings. The molecule has 0 radical (unpaired) electrons. The smallest absolute Gasteiger partial charge is 0.341 e. The van der Waals surface area contributed by atoms with Gasteiger partial charge in [0.1, 0.15) is 28.0 Å². The van der Waals surface area contributed by atoms with Crippen molar-refractivity contribution in [2.45, 2.75) is 40.5 Å². The van der Waals surface area contributed by atoms with Crippen LogP contribution in [0, 0.1) is 25.2 Å². The number of nitrogens with zero attached hydrogens (tertiary/aromatic N) is 1. The Hall–Kier alpha value is -3.89. The largest absolute Gasteiger partial charge is 0.494 e. The first-order valence-corrected chi connectivity index (χ1v) is 12.8. The first kappa shape index (κ1) is 26.7. The molecule has 0 spiro atoms. The normalized spacial score (nSPS) is 11.0. The maximum atomic E-state index is 13.0. The van der Waals surface area contributed by atoms with E-state index >= 15 is 0 Å². The van der Waals surface area contributed by atoms with E-state index in [0.29, 0.717) is 22.7 Å². The number of thiophene rings is 1. The first-order valence-electron chi connectivity index (χ1n) is 11.9. The van der Waals surface area contributed by atoms with Gasteiger partial charge in [-0.3, -0.25) is 4.79 Å². The number of benzene rings is 2. The maximum absolute atomic E-state index is 13.0. The number of nitriles is 1. The van der Waals surface area contributed by atoms with E-state index in [0.717, 1.165) is 35.3 Å². The number of carbonyl (C=O) groups excluding carboxylic acids is 2. The molecule has 6 nitrogen and oxygen atoms in total. The highest BCUT2D eigenvalue weighted by molar-refractivity contribution is 7.15. The fraction of sp³-hybridized carbons (Fsp3) is 0.276. The van der Waals surface area contributed by atoms with Crippen molar-refractivity contribution in [3.8, 4) is 22.9 Å². The highest BCUT2D eigenvalue weighted by atomic mass is 32.1. The number of ether oxygens (including phenoxy) is 2. The zero-order chi connectivity index (χ0) is 26.1. The van der Waals surface area contributed by atoms with Gasteiger partial charge in [-0.15, -0.1) is 11.3 Å². The molecule has 1 N–H and O–H groups in total. The third-order valence-corrected chi connectivity index (χ3v) is 6.39. The highest BCUT2D eigenvalue weighted by Crippen LogP contribution is 2.38. The predicted octanol–water partition coefficient (Wildman–Crippen LogP) is 6.93. The second kappa shape index (κ2) is 12.7. The summed E-state index contributed by atoms with van der Waals surface area (Å²) >= 11 is 1.23. The van der Waals surface area contributed by atoms with Crippen LogP contribution >= 0.6 is 11.3 Å². The minimum absolute atomic E-state index is 0.0778. The molecule has 0 unspecified atom stereocenters. The zero-order valence-corrected chi connectivity index (χ0v) is 21.8. The monoisotopic (exact) mass is 502 g/mol. The quantitative estimate of drug-likeness (QED) is 0.140. The van der Waals surface area contributed by atoms with E-state index in [1.165, 1.54) is 17.4 Å². The Morgan fingerprint density at radius 3 is 2.47 bits per heavy atom. The van der Waals surface area contributed by atoms with Gasteiger partial charge in [0.15, 0.2) is 0 Å². The SMILES string of the molecule is CCCCOc1ccc(/C=C(\C#N)C(=O)Nc2scc(-c3ccc(C)cc3C)c2C(=O)OCC)cc1. The number of hydrogen-bond acceptors (Lipinski definition) is 6. The number of aryl methyl sites for hydroxylation is 2. The molecule has 3 aromatic rings. The number of carbonyl (C=O) groups is 2. The average molecular weight is 503 g/mol. The molecule has 0 saturated heterocycles. The van der Waals surface area contributed by atoms with Crippen LogP contribution < -0.4 is 10.1 Å². The molecule has 1 aromatic heterocycles. The van der Waals surface area contributed by atoms with Crippen molar-refractivity contribution in [3.05, 3.63) is 75.7 Å². The lowest BCUT2D eigenvalue weighted by molar-refractivity contribution is -0.112. The number of rotatable bonds is 10. The van der Waals surface area contributed by atoms with Crippen LogP contribution in [0.2, 0.25) is 0 Å². The molecular weight excluding hydrogens is 472 g/mol. The van der Waals surface area contributed by atoms with Gasteiger partial charge in [-0.2, -0.15) is 5.26 Å². The molecule has 0 aliphatic carbocycles. The summed E-state index contributed by atoms with van der Waals surface area (Å²) in [7, 11) is 0. The summed E-state index contributed by atoms with van der Waals surface area (Å²) in [6.45, 7) is 8.66. The molecule has 0 aliphatic heterocycles. The van der Waals surface area contributed by atoms with Gasteiger partial charge in [0.25, 0.3) is 5.91 Å². The average Bonchev–Trinajstić information content (AvgIpc) is 3.26. The van der Waals surface area contributed by atoms with Gasteiger partial charge < -0.3 is 14.8 Å². The van der Waals surface area contributed by atoms with Crippen molar-refractivity contribution in [1.82, 2.24) is 0 Å². The first-order chi connectivity index (χ1) is 17.4. The number of unbranched alkanes of at least 4 members (excludes halogenated alkanes) is 1. The standard InChI is InChI=1S/C29H30N2O4S/c1-5-7-14-35-23-11-9-21(10-12-23)16-22(17-30)27(32)31-28-26(29(33)34-6-2)25(18-36-28)24-13-8-19(3)15-20(24)4/h8-13,15-16,18H,5-7,14H2,1-4H3,(H,31,32)/b22-16+. The fourth-order valence-corrected chi connectivity index (χ4v) is 4.59. The van der Waals surface area contributed by atoms with Crippen molar-refractivity contribution in [1.29, 1.82) is 5.26 Å². The number of anilines is 1. The maximum Gasteiger partial charge on any atom is 0.341 e. The Balaban J connectivity index is 1.87. The number of amides is 1. The molecule has 0 atom stereocenters. The van der Waals surface area contributed by atoms with Gasteiger partial charge in [0.05, 0.1) is 13.2 Å². The minimum atomic E-state index is -0.597. The molecule has 186 valence electrons. The van der Waals surface area contributed by atoms with E-state index in [9.17, 15) is 14.9 Å². The molecule has 2 aromatic carbocycles. The molecule has 0 saturated carbocycles. The lowest BCUT2D eigenvalue weighted by Crippen LogP contribution is -2.16. The Morgan fingerprint density at radius 1 is 1.08 bits per heavy atom. The number of hydrogen-bond donors (Lipinski definition) is 1. The molecule has 3 rings (SSSR count). The summed E-state index contributed by atoms with van der Waals surface area (Å²) < 4.78 is 10.9. The molecule has 36 heavy (non-hydrogen) atoms. The molecule has 0 bridgehead atoms. The summed E-state index contributed by atoms with van der Waals surface area (Å²) in [6, 6.07) is 15.1. The Bertz CT molecular complexity index is 1300. The molecule has 7 heteroatoms. The van der Waals surface area contributed by atoms with Gasteiger partial charge >= 0.3 is 5.97 Å². The topological polar surface area (TPSA) is 88.4 Å². The summed E-state index contributed by atoms with van der Waals surface area (Å²) in [5, 5.41) is 14.6. The molecule has 0 fully saturated rings. The van der Waals surface area contributed by atoms with Crippen molar-refractivity contribution < 1.29 is 19.1 Å². The van der Waals surface area contributed by atoms with Crippen LogP contribution in [0.3, 0.4) is 0 Å². The lowest BCUT2D eigenvalue weighted by Gasteiger charge is -2.11. The van der Waals surface area contributed by atoms with Gasteiger partial charge in [-0.1, -0.05) is 49.2 Å². The number of esters is 1. The second-order valence-corrected chi connectivity index (χ2v) is 9.17. The van der Waals surface area contributed by atoms with Crippen molar-refractivity contribution in [3.63, 3.8) is 0 Å².